The maximum atomic E-state index is 12.2. The molecule has 0 bridgehead atoms. The first kappa shape index (κ1) is 13.4. The van der Waals surface area contributed by atoms with Crippen LogP contribution in [0.5, 0.6) is 0 Å². The molecule has 1 aliphatic rings. The van der Waals surface area contributed by atoms with Crippen molar-refractivity contribution in [1.29, 1.82) is 0 Å². The highest BCUT2D eigenvalue weighted by Crippen LogP contribution is 2.17. The summed E-state index contributed by atoms with van der Waals surface area (Å²) in [6.07, 6.45) is 2.76. The summed E-state index contributed by atoms with van der Waals surface area (Å²) in [5.41, 5.74) is 4.21. The quantitative estimate of drug-likeness (QED) is 0.902. The summed E-state index contributed by atoms with van der Waals surface area (Å²) < 4.78 is 0. The van der Waals surface area contributed by atoms with Crippen LogP contribution in [0.1, 0.15) is 16.7 Å². The molecule has 0 atom stereocenters. The number of carbonyl (C=O) groups excluding carboxylic acids is 1. The number of carbonyl (C=O) groups is 1. The van der Waals surface area contributed by atoms with Crippen LogP contribution < -0.4 is 10.6 Å². The average molecular weight is 278 g/mol. The highest BCUT2D eigenvalue weighted by Gasteiger charge is 2.14. The van der Waals surface area contributed by atoms with Crippen LogP contribution in [0.3, 0.4) is 0 Å². The van der Waals surface area contributed by atoms with Crippen molar-refractivity contribution in [1.82, 2.24) is 10.6 Å². The average Bonchev–Trinajstić information content (AvgIpc) is 2.55. The van der Waals surface area contributed by atoms with Gasteiger partial charge in [-0.1, -0.05) is 54.6 Å². The second kappa shape index (κ2) is 6.27. The molecule has 3 heteroatoms. The fourth-order valence-corrected chi connectivity index (χ4v) is 2.44. The zero-order chi connectivity index (χ0) is 14.5. The Morgan fingerprint density at radius 2 is 1.81 bits per heavy atom. The zero-order valence-electron chi connectivity index (χ0n) is 11.8. The van der Waals surface area contributed by atoms with Gasteiger partial charge in [-0.05, 0) is 29.2 Å². The van der Waals surface area contributed by atoms with E-state index in [9.17, 15) is 4.79 Å². The number of benzene rings is 2. The van der Waals surface area contributed by atoms with Gasteiger partial charge in [0.05, 0.1) is 0 Å². The Labute approximate surface area is 124 Å². The first-order valence-corrected chi connectivity index (χ1v) is 7.18. The van der Waals surface area contributed by atoms with Crippen molar-refractivity contribution in [3.05, 3.63) is 77.0 Å². The molecule has 0 spiro atoms. The number of rotatable bonds is 4. The van der Waals surface area contributed by atoms with Crippen LogP contribution in [0.2, 0.25) is 0 Å². The summed E-state index contributed by atoms with van der Waals surface area (Å²) >= 11 is 0. The van der Waals surface area contributed by atoms with Crippen molar-refractivity contribution in [2.24, 2.45) is 0 Å². The van der Waals surface area contributed by atoms with E-state index in [4.69, 9.17) is 0 Å². The lowest BCUT2D eigenvalue weighted by Gasteiger charge is -2.18. The molecule has 106 valence electrons. The first-order chi connectivity index (χ1) is 10.3. The molecule has 0 radical (unpaired) electrons. The third-order valence-corrected chi connectivity index (χ3v) is 3.61. The second-order valence-electron chi connectivity index (χ2n) is 5.10. The fourth-order valence-electron chi connectivity index (χ4n) is 2.44. The van der Waals surface area contributed by atoms with E-state index in [2.05, 4.69) is 28.8 Å². The Balaban J connectivity index is 1.58. The van der Waals surface area contributed by atoms with Crippen LogP contribution in [-0.2, 0) is 17.8 Å². The van der Waals surface area contributed by atoms with Crippen molar-refractivity contribution in [2.75, 3.05) is 6.54 Å². The van der Waals surface area contributed by atoms with Crippen LogP contribution in [0.15, 0.2) is 60.3 Å². The Bertz CT molecular complexity index is 662. The topological polar surface area (TPSA) is 41.1 Å². The zero-order valence-corrected chi connectivity index (χ0v) is 11.8. The Kier molecular flexibility index (Phi) is 4.01. The van der Waals surface area contributed by atoms with Crippen molar-refractivity contribution >= 4 is 12.0 Å². The number of hydrogen-bond acceptors (Lipinski definition) is 2. The standard InChI is InChI=1S/C18H18N2O/c21-18(19-11-10-14-6-2-1-3-7-14)17-12-15-8-4-5-9-16(15)13-20-17/h1-9,12,20H,10-11,13H2,(H,19,21). The molecule has 1 heterocycles. The molecule has 1 aliphatic heterocycles. The lowest BCUT2D eigenvalue weighted by Crippen LogP contribution is -2.34. The van der Waals surface area contributed by atoms with Gasteiger partial charge in [0.1, 0.15) is 5.70 Å². The molecule has 0 aromatic heterocycles. The van der Waals surface area contributed by atoms with Crippen molar-refractivity contribution in [3.8, 4) is 0 Å². The van der Waals surface area contributed by atoms with E-state index < -0.39 is 0 Å². The summed E-state index contributed by atoms with van der Waals surface area (Å²) in [6.45, 7) is 1.34. The maximum absolute atomic E-state index is 12.2. The van der Waals surface area contributed by atoms with E-state index >= 15 is 0 Å². The van der Waals surface area contributed by atoms with E-state index in [1.54, 1.807) is 0 Å². The van der Waals surface area contributed by atoms with Gasteiger partial charge in [0, 0.05) is 13.1 Å². The summed E-state index contributed by atoms with van der Waals surface area (Å²) in [5.74, 6) is -0.0413. The van der Waals surface area contributed by atoms with Gasteiger partial charge in [-0.15, -0.1) is 0 Å². The molecule has 3 nitrogen and oxygen atoms in total. The second-order valence-corrected chi connectivity index (χ2v) is 5.10. The van der Waals surface area contributed by atoms with Gasteiger partial charge in [-0.25, -0.2) is 0 Å². The van der Waals surface area contributed by atoms with Gasteiger partial charge in [0.15, 0.2) is 0 Å². The first-order valence-electron chi connectivity index (χ1n) is 7.18. The smallest absolute Gasteiger partial charge is 0.267 e. The van der Waals surface area contributed by atoms with E-state index in [1.165, 1.54) is 11.1 Å². The molecule has 1 amide bonds. The molecular weight excluding hydrogens is 260 g/mol. The minimum atomic E-state index is -0.0413. The van der Waals surface area contributed by atoms with Gasteiger partial charge < -0.3 is 10.6 Å². The molecule has 2 N–H and O–H groups in total. The van der Waals surface area contributed by atoms with E-state index in [0.29, 0.717) is 18.8 Å². The summed E-state index contributed by atoms with van der Waals surface area (Å²) in [7, 11) is 0. The Hall–Kier alpha value is -2.55. The SMILES string of the molecule is O=C(NCCc1ccccc1)C1=Cc2ccccc2CN1. The molecule has 0 unspecified atom stereocenters. The highest BCUT2D eigenvalue weighted by molar-refractivity contribution is 5.97. The summed E-state index contributed by atoms with van der Waals surface area (Å²) in [4.78, 5) is 12.2. The molecule has 0 saturated carbocycles. The number of amides is 1. The molecule has 0 saturated heterocycles. The van der Waals surface area contributed by atoms with Crippen LogP contribution in [0, 0.1) is 0 Å². The summed E-state index contributed by atoms with van der Waals surface area (Å²) in [6, 6.07) is 18.3. The van der Waals surface area contributed by atoms with Crippen LogP contribution >= 0.6 is 0 Å². The lowest BCUT2D eigenvalue weighted by atomic mass is 10.0. The van der Waals surface area contributed by atoms with Crippen molar-refractivity contribution in [2.45, 2.75) is 13.0 Å². The van der Waals surface area contributed by atoms with Gasteiger partial charge in [0.25, 0.3) is 5.91 Å². The molecule has 21 heavy (non-hydrogen) atoms. The van der Waals surface area contributed by atoms with E-state index in [-0.39, 0.29) is 5.91 Å². The third kappa shape index (κ3) is 3.31. The van der Waals surface area contributed by atoms with Gasteiger partial charge in [0.2, 0.25) is 0 Å². The highest BCUT2D eigenvalue weighted by atomic mass is 16.2. The fraction of sp³-hybridized carbons (Fsp3) is 0.167. The molecule has 0 aliphatic carbocycles. The number of fused-ring (bicyclic) bond motifs is 1. The van der Waals surface area contributed by atoms with Crippen LogP contribution in [0.4, 0.5) is 0 Å². The largest absolute Gasteiger partial charge is 0.376 e. The van der Waals surface area contributed by atoms with Crippen molar-refractivity contribution in [3.63, 3.8) is 0 Å². The van der Waals surface area contributed by atoms with Gasteiger partial charge >= 0.3 is 0 Å². The predicted octanol–water partition coefficient (Wildman–Crippen LogP) is 2.49. The summed E-state index contributed by atoms with van der Waals surface area (Å²) in [5, 5.41) is 6.13. The molecular formula is C18H18N2O. The number of nitrogens with one attached hydrogen (secondary N) is 2. The normalized spacial score (nSPS) is 12.9. The molecule has 2 aromatic rings. The van der Waals surface area contributed by atoms with Gasteiger partial charge in [-0.3, -0.25) is 4.79 Å². The van der Waals surface area contributed by atoms with Gasteiger partial charge in [-0.2, -0.15) is 0 Å². The Morgan fingerprint density at radius 1 is 1.05 bits per heavy atom. The molecule has 3 rings (SSSR count). The predicted molar refractivity (Wildman–Crippen MR) is 84.4 cm³/mol. The minimum absolute atomic E-state index is 0.0413. The van der Waals surface area contributed by atoms with Crippen LogP contribution in [-0.4, -0.2) is 12.5 Å². The van der Waals surface area contributed by atoms with Crippen LogP contribution in [0.25, 0.3) is 6.08 Å². The molecule has 0 fully saturated rings. The Morgan fingerprint density at radius 3 is 2.67 bits per heavy atom. The lowest BCUT2D eigenvalue weighted by molar-refractivity contribution is -0.117. The van der Waals surface area contributed by atoms with E-state index in [0.717, 1.165) is 12.0 Å². The van der Waals surface area contributed by atoms with E-state index in [1.807, 2.05) is 42.5 Å². The molecule has 2 aromatic carbocycles. The van der Waals surface area contributed by atoms with Crippen molar-refractivity contribution < 1.29 is 4.79 Å². The monoisotopic (exact) mass is 278 g/mol. The minimum Gasteiger partial charge on any atom is -0.376 e. The maximum Gasteiger partial charge on any atom is 0.267 e. The number of hydrogen-bond donors (Lipinski definition) is 2. The third-order valence-electron chi connectivity index (χ3n) is 3.61.